The van der Waals surface area contributed by atoms with E-state index < -0.39 is 6.29 Å². The minimum absolute atomic E-state index is 0.00750. The van der Waals surface area contributed by atoms with Crippen molar-refractivity contribution >= 4 is 5.78 Å². The third-order valence-electron chi connectivity index (χ3n) is 1.77. The van der Waals surface area contributed by atoms with Gasteiger partial charge >= 0.3 is 0 Å². The van der Waals surface area contributed by atoms with Crippen LogP contribution in [0, 0.1) is 0 Å². The fraction of sp³-hybridized carbons (Fsp3) is 0.300. The second kappa shape index (κ2) is 4.16. The average molecular weight is 180 g/mol. The van der Waals surface area contributed by atoms with Crippen LogP contribution in [0.5, 0.6) is 0 Å². The summed E-state index contributed by atoms with van der Waals surface area (Å²) in [5.41, 5.74) is 1.07. The predicted octanol–water partition coefficient (Wildman–Crippen LogP) is 0.801. The van der Waals surface area contributed by atoms with Crippen molar-refractivity contribution in [3.63, 3.8) is 0 Å². The molecule has 1 aromatic carbocycles. The number of aliphatic hydroxyl groups is 2. The van der Waals surface area contributed by atoms with E-state index in [0.717, 1.165) is 0 Å². The third-order valence-corrected chi connectivity index (χ3v) is 1.77. The predicted molar refractivity (Wildman–Crippen MR) is 48.0 cm³/mol. The quantitative estimate of drug-likeness (QED) is 0.676. The molecule has 0 aliphatic carbocycles. The number of benzene rings is 1. The summed E-state index contributed by atoms with van der Waals surface area (Å²) in [5.74, 6) is 0.00750. The maximum Gasteiger partial charge on any atom is 0.178 e. The van der Waals surface area contributed by atoms with Crippen LogP contribution in [0.4, 0.5) is 0 Å². The van der Waals surface area contributed by atoms with Gasteiger partial charge in [0.2, 0.25) is 0 Å². The highest BCUT2D eigenvalue weighted by atomic mass is 16.5. The van der Waals surface area contributed by atoms with Gasteiger partial charge in [0.1, 0.15) is 5.78 Å². The molecule has 0 aliphatic rings. The van der Waals surface area contributed by atoms with Crippen molar-refractivity contribution in [2.45, 2.75) is 19.6 Å². The molecule has 0 amide bonds. The molecule has 0 atom stereocenters. The van der Waals surface area contributed by atoms with Gasteiger partial charge in [-0.2, -0.15) is 0 Å². The van der Waals surface area contributed by atoms with E-state index in [1.807, 2.05) is 0 Å². The molecule has 0 saturated heterocycles. The van der Waals surface area contributed by atoms with Crippen molar-refractivity contribution in [2.24, 2.45) is 0 Å². The summed E-state index contributed by atoms with van der Waals surface area (Å²) in [4.78, 5) is 10.8. The van der Waals surface area contributed by atoms with E-state index in [9.17, 15) is 4.79 Å². The molecule has 0 bridgehead atoms. The average Bonchev–Trinajstić information content (AvgIpc) is 2.03. The van der Waals surface area contributed by atoms with Crippen LogP contribution in [0.2, 0.25) is 0 Å². The van der Waals surface area contributed by atoms with Gasteiger partial charge in [-0.25, -0.2) is 0 Å². The molecule has 3 heteroatoms. The lowest BCUT2D eigenvalue weighted by Gasteiger charge is -2.08. The van der Waals surface area contributed by atoms with Crippen molar-refractivity contribution in [3.8, 4) is 0 Å². The maximum absolute atomic E-state index is 10.8. The first kappa shape index (κ1) is 9.89. The first-order valence-corrected chi connectivity index (χ1v) is 4.04. The van der Waals surface area contributed by atoms with Crippen LogP contribution in [0.1, 0.15) is 24.3 Å². The summed E-state index contributed by atoms with van der Waals surface area (Å²) in [5, 5.41) is 17.9. The molecule has 3 nitrogen and oxygen atoms in total. The molecule has 13 heavy (non-hydrogen) atoms. The van der Waals surface area contributed by atoms with Gasteiger partial charge in [-0.05, 0) is 12.5 Å². The van der Waals surface area contributed by atoms with Crippen molar-refractivity contribution in [1.29, 1.82) is 0 Å². The fourth-order valence-electron chi connectivity index (χ4n) is 1.22. The number of aliphatic hydroxyl groups excluding tert-OH is 1. The van der Waals surface area contributed by atoms with Gasteiger partial charge in [0, 0.05) is 12.0 Å². The maximum atomic E-state index is 10.8. The van der Waals surface area contributed by atoms with Gasteiger partial charge in [0.25, 0.3) is 0 Å². The molecule has 0 fully saturated rings. The summed E-state index contributed by atoms with van der Waals surface area (Å²) in [7, 11) is 0. The molecule has 0 spiro atoms. The van der Waals surface area contributed by atoms with Crippen molar-refractivity contribution in [3.05, 3.63) is 35.4 Å². The summed E-state index contributed by atoms with van der Waals surface area (Å²) in [6.45, 7) is 1.47. The molecule has 0 saturated carbocycles. The Bertz CT molecular complexity index is 305. The molecular weight excluding hydrogens is 168 g/mol. The molecule has 1 rings (SSSR count). The number of Topliss-reactive ketones (excluding diaryl/α,β-unsaturated/α-hetero) is 1. The first-order chi connectivity index (χ1) is 6.11. The summed E-state index contributed by atoms with van der Waals surface area (Å²) in [6.07, 6.45) is -1.26. The molecule has 70 valence electrons. The Morgan fingerprint density at radius 1 is 1.38 bits per heavy atom. The second-order valence-corrected chi connectivity index (χ2v) is 2.95. The number of ketones is 1. The van der Waals surface area contributed by atoms with Gasteiger partial charge < -0.3 is 10.2 Å². The number of rotatable bonds is 3. The zero-order valence-electron chi connectivity index (χ0n) is 7.40. The zero-order chi connectivity index (χ0) is 9.84. The molecule has 0 aromatic heterocycles. The molecule has 0 heterocycles. The van der Waals surface area contributed by atoms with Crippen molar-refractivity contribution in [1.82, 2.24) is 0 Å². The second-order valence-electron chi connectivity index (χ2n) is 2.95. The molecule has 0 radical (unpaired) electrons. The van der Waals surface area contributed by atoms with Gasteiger partial charge in [-0.3, -0.25) is 4.79 Å². The van der Waals surface area contributed by atoms with Crippen LogP contribution < -0.4 is 0 Å². The number of hydrogen-bond acceptors (Lipinski definition) is 3. The zero-order valence-corrected chi connectivity index (χ0v) is 7.40. The Kier molecular flexibility index (Phi) is 3.17. The third kappa shape index (κ3) is 2.65. The van der Waals surface area contributed by atoms with Crippen LogP contribution in [-0.2, 0) is 11.2 Å². The minimum atomic E-state index is -1.50. The van der Waals surface area contributed by atoms with E-state index in [-0.39, 0.29) is 12.2 Å². The van der Waals surface area contributed by atoms with Gasteiger partial charge in [0.05, 0.1) is 0 Å². The van der Waals surface area contributed by atoms with Gasteiger partial charge in [-0.15, -0.1) is 0 Å². The smallest absolute Gasteiger partial charge is 0.178 e. The van der Waals surface area contributed by atoms with Crippen LogP contribution in [0.3, 0.4) is 0 Å². The van der Waals surface area contributed by atoms with Gasteiger partial charge in [0.15, 0.2) is 6.29 Å². The highest BCUT2D eigenvalue weighted by molar-refractivity contribution is 5.78. The first-order valence-electron chi connectivity index (χ1n) is 4.04. The SMILES string of the molecule is CC(=O)Cc1ccccc1C(O)O. The van der Waals surface area contributed by atoms with E-state index in [2.05, 4.69) is 0 Å². The van der Waals surface area contributed by atoms with Crippen LogP contribution >= 0.6 is 0 Å². The monoisotopic (exact) mass is 180 g/mol. The van der Waals surface area contributed by atoms with Crippen molar-refractivity contribution in [2.75, 3.05) is 0 Å². The Hall–Kier alpha value is -1.19. The summed E-state index contributed by atoms with van der Waals surface area (Å²) < 4.78 is 0. The minimum Gasteiger partial charge on any atom is -0.364 e. The molecule has 0 unspecified atom stereocenters. The normalized spacial score (nSPS) is 10.5. The Morgan fingerprint density at radius 2 is 2.00 bits per heavy atom. The molecule has 0 aliphatic heterocycles. The summed E-state index contributed by atoms with van der Waals surface area (Å²) >= 11 is 0. The highest BCUT2D eigenvalue weighted by Crippen LogP contribution is 2.16. The largest absolute Gasteiger partial charge is 0.364 e. The number of hydrogen-bond donors (Lipinski definition) is 2. The van der Waals surface area contributed by atoms with Crippen LogP contribution in [0.15, 0.2) is 24.3 Å². The Balaban J connectivity index is 2.97. The number of carbonyl (C=O) groups excluding carboxylic acids is 1. The Morgan fingerprint density at radius 3 is 2.54 bits per heavy atom. The molecule has 1 aromatic rings. The van der Waals surface area contributed by atoms with Crippen LogP contribution in [0.25, 0.3) is 0 Å². The van der Waals surface area contributed by atoms with E-state index in [1.165, 1.54) is 6.92 Å². The lowest BCUT2D eigenvalue weighted by atomic mass is 10.0. The van der Waals surface area contributed by atoms with Crippen LogP contribution in [-0.4, -0.2) is 16.0 Å². The lowest BCUT2D eigenvalue weighted by Crippen LogP contribution is -2.04. The fourth-order valence-corrected chi connectivity index (χ4v) is 1.22. The van der Waals surface area contributed by atoms with E-state index in [4.69, 9.17) is 10.2 Å². The molecular formula is C10H12O3. The summed E-state index contributed by atoms with van der Waals surface area (Å²) in [6, 6.07) is 6.79. The van der Waals surface area contributed by atoms with Gasteiger partial charge in [-0.1, -0.05) is 24.3 Å². The standard InChI is InChI=1S/C10H12O3/c1-7(11)6-8-4-2-3-5-9(8)10(12)13/h2-5,10,12-13H,6H2,1H3. The highest BCUT2D eigenvalue weighted by Gasteiger charge is 2.09. The molecule has 2 N–H and O–H groups in total. The van der Waals surface area contributed by atoms with E-state index in [1.54, 1.807) is 24.3 Å². The number of carbonyl (C=O) groups is 1. The lowest BCUT2D eigenvalue weighted by molar-refractivity contribution is -0.116. The van der Waals surface area contributed by atoms with Crippen molar-refractivity contribution < 1.29 is 15.0 Å². The van der Waals surface area contributed by atoms with E-state index >= 15 is 0 Å². The van der Waals surface area contributed by atoms with E-state index in [0.29, 0.717) is 11.1 Å². The Labute approximate surface area is 76.6 Å². The topological polar surface area (TPSA) is 57.5 Å².